The number of esters is 2. The molecule has 0 amide bonds. The first-order chi connectivity index (χ1) is 7.41. The van der Waals surface area contributed by atoms with Crippen LogP contribution >= 0.6 is 0 Å². The summed E-state index contributed by atoms with van der Waals surface area (Å²) in [7, 11) is 0. The van der Waals surface area contributed by atoms with E-state index in [1.807, 2.05) is 0 Å². The van der Waals surface area contributed by atoms with Crippen LogP contribution in [-0.4, -0.2) is 35.5 Å². The summed E-state index contributed by atoms with van der Waals surface area (Å²) in [5.41, 5.74) is 4.95. The number of guanidine groups is 1. The van der Waals surface area contributed by atoms with Gasteiger partial charge >= 0.3 is 17.9 Å². The number of carboxylic acid groups (broad SMARTS) is 1. The molecule has 0 saturated carbocycles. The third-order valence-corrected chi connectivity index (χ3v) is 1.42. The van der Waals surface area contributed by atoms with Crippen molar-refractivity contribution in [2.24, 2.45) is 5.73 Å². The van der Waals surface area contributed by atoms with Crippen LogP contribution in [0.1, 0.15) is 19.3 Å². The van der Waals surface area contributed by atoms with E-state index >= 15 is 0 Å². The van der Waals surface area contributed by atoms with Gasteiger partial charge in [0.1, 0.15) is 0 Å². The van der Waals surface area contributed by atoms with Crippen molar-refractivity contribution in [3.05, 3.63) is 0 Å². The van der Waals surface area contributed by atoms with E-state index in [-0.39, 0.29) is 31.8 Å². The van der Waals surface area contributed by atoms with Crippen LogP contribution in [0.25, 0.3) is 0 Å². The van der Waals surface area contributed by atoms with Gasteiger partial charge in [0, 0.05) is 6.54 Å². The summed E-state index contributed by atoms with van der Waals surface area (Å²) in [4.78, 5) is 31.9. The zero-order valence-corrected chi connectivity index (χ0v) is 8.49. The molecule has 0 saturated heterocycles. The molecule has 0 aliphatic carbocycles. The Morgan fingerprint density at radius 1 is 1.19 bits per heavy atom. The van der Waals surface area contributed by atoms with Gasteiger partial charge < -0.3 is 20.9 Å². The molecule has 0 aromatic carbocycles. The summed E-state index contributed by atoms with van der Waals surface area (Å²) >= 11 is 0. The minimum Gasteiger partial charge on any atom is -0.481 e. The lowest BCUT2D eigenvalue weighted by molar-refractivity contribution is -0.160. The van der Waals surface area contributed by atoms with E-state index in [1.165, 1.54) is 0 Å². The summed E-state index contributed by atoms with van der Waals surface area (Å²) < 4.78 is 4.29. The molecule has 90 valence electrons. The Morgan fingerprint density at radius 3 is 2.25 bits per heavy atom. The first kappa shape index (κ1) is 13.9. The summed E-state index contributed by atoms with van der Waals surface area (Å²) in [5, 5.41) is 17.4. The Morgan fingerprint density at radius 2 is 1.75 bits per heavy atom. The quantitative estimate of drug-likeness (QED) is 0.194. The normalized spacial score (nSPS) is 9.25. The van der Waals surface area contributed by atoms with E-state index in [4.69, 9.17) is 16.2 Å². The van der Waals surface area contributed by atoms with E-state index in [1.54, 1.807) is 0 Å². The first-order valence-corrected chi connectivity index (χ1v) is 4.45. The molecule has 0 aromatic heterocycles. The monoisotopic (exact) mass is 231 g/mol. The van der Waals surface area contributed by atoms with Crippen LogP contribution in [0, 0.1) is 5.41 Å². The van der Waals surface area contributed by atoms with Gasteiger partial charge in [0.2, 0.25) is 0 Å². The molecule has 0 unspecified atom stereocenters. The predicted octanol–water partition coefficient (Wildman–Crippen LogP) is -1.21. The van der Waals surface area contributed by atoms with Gasteiger partial charge in [-0.1, -0.05) is 0 Å². The number of nitrogens with two attached hydrogens (primary N) is 1. The molecule has 0 aliphatic heterocycles. The van der Waals surface area contributed by atoms with Crippen LogP contribution in [-0.2, 0) is 19.1 Å². The maximum absolute atomic E-state index is 10.9. The molecule has 0 radical (unpaired) electrons. The number of hydrogen-bond acceptors (Lipinski definition) is 5. The maximum atomic E-state index is 10.9. The second-order valence-corrected chi connectivity index (χ2v) is 2.83. The van der Waals surface area contributed by atoms with E-state index in [9.17, 15) is 14.4 Å². The number of aliphatic carboxylic acids is 1. The molecule has 0 aromatic rings. The second-order valence-electron chi connectivity index (χ2n) is 2.83. The number of carbonyl (C=O) groups is 3. The Balaban J connectivity index is 3.66. The number of rotatable bonds is 6. The third kappa shape index (κ3) is 8.48. The van der Waals surface area contributed by atoms with Gasteiger partial charge in [-0.05, 0) is 0 Å². The number of nitrogens with one attached hydrogen (secondary N) is 2. The van der Waals surface area contributed by atoms with Gasteiger partial charge in [-0.3, -0.25) is 19.8 Å². The third-order valence-electron chi connectivity index (χ3n) is 1.42. The van der Waals surface area contributed by atoms with Crippen LogP contribution < -0.4 is 11.1 Å². The van der Waals surface area contributed by atoms with Crippen molar-refractivity contribution < 1.29 is 24.2 Å². The first-order valence-electron chi connectivity index (χ1n) is 4.45. The van der Waals surface area contributed by atoms with Crippen molar-refractivity contribution in [3.63, 3.8) is 0 Å². The fourth-order valence-corrected chi connectivity index (χ4v) is 0.737. The summed E-state index contributed by atoms with van der Waals surface area (Å²) in [5.74, 6) is -3.09. The van der Waals surface area contributed by atoms with Crippen molar-refractivity contribution in [1.82, 2.24) is 5.32 Å². The average Bonchev–Trinajstić information content (AvgIpc) is 2.14. The van der Waals surface area contributed by atoms with Gasteiger partial charge in [-0.25, -0.2) is 0 Å². The van der Waals surface area contributed by atoms with Gasteiger partial charge in [-0.15, -0.1) is 0 Å². The zero-order chi connectivity index (χ0) is 12.6. The highest BCUT2D eigenvalue weighted by Crippen LogP contribution is 1.95. The average molecular weight is 231 g/mol. The standard InChI is InChI=1S/C8H13N3O5/c9-8(10)11-4-3-7(15)16-6(14)2-1-5(12)13/h1-4H2,(H,12,13)(H4,9,10,11). The second kappa shape index (κ2) is 7.21. The number of carbonyl (C=O) groups excluding carboxylic acids is 2. The van der Waals surface area contributed by atoms with Crippen LogP contribution in [0.4, 0.5) is 0 Å². The van der Waals surface area contributed by atoms with Gasteiger partial charge in [0.05, 0.1) is 19.3 Å². The summed E-state index contributed by atoms with van der Waals surface area (Å²) in [6, 6.07) is 0. The predicted molar refractivity (Wildman–Crippen MR) is 52.5 cm³/mol. The van der Waals surface area contributed by atoms with E-state index < -0.39 is 17.9 Å². The lowest BCUT2D eigenvalue weighted by Gasteiger charge is -2.03. The Kier molecular flexibility index (Phi) is 6.25. The van der Waals surface area contributed by atoms with Crippen LogP contribution in [0.5, 0.6) is 0 Å². The fourth-order valence-electron chi connectivity index (χ4n) is 0.737. The zero-order valence-electron chi connectivity index (χ0n) is 8.49. The van der Waals surface area contributed by atoms with E-state index in [0.717, 1.165) is 0 Å². The SMILES string of the molecule is N=C(N)NCCC(=O)OC(=O)CCC(=O)O. The van der Waals surface area contributed by atoms with Crippen LogP contribution in [0.15, 0.2) is 0 Å². The van der Waals surface area contributed by atoms with Crippen LogP contribution in [0.2, 0.25) is 0 Å². The molecular weight excluding hydrogens is 218 g/mol. The minimum absolute atomic E-state index is 0.0837. The molecule has 8 nitrogen and oxygen atoms in total. The van der Waals surface area contributed by atoms with E-state index in [2.05, 4.69) is 10.1 Å². The largest absolute Gasteiger partial charge is 0.481 e. The minimum atomic E-state index is -1.14. The van der Waals surface area contributed by atoms with Crippen molar-refractivity contribution in [2.45, 2.75) is 19.3 Å². The lowest BCUT2D eigenvalue weighted by atomic mass is 10.3. The molecular formula is C8H13N3O5. The molecule has 0 fully saturated rings. The van der Waals surface area contributed by atoms with Crippen molar-refractivity contribution in [3.8, 4) is 0 Å². The number of hydrogen-bond donors (Lipinski definition) is 4. The lowest BCUT2D eigenvalue weighted by Crippen LogP contribution is -2.32. The summed E-state index contributed by atoms with van der Waals surface area (Å²) in [6.45, 7) is 0.0837. The molecule has 0 atom stereocenters. The van der Waals surface area contributed by atoms with Gasteiger partial charge in [-0.2, -0.15) is 0 Å². The van der Waals surface area contributed by atoms with Gasteiger partial charge in [0.15, 0.2) is 5.96 Å². The van der Waals surface area contributed by atoms with Crippen LogP contribution in [0.3, 0.4) is 0 Å². The molecule has 0 rings (SSSR count). The van der Waals surface area contributed by atoms with Crippen molar-refractivity contribution in [1.29, 1.82) is 5.41 Å². The highest BCUT2D eigenvalue weighted by atomic mass is 16.6. The smallest absolute Gasteiger partial charge is 0.315 e. The molecule has 16 heavy (non-hydrogen) atoms. The molecule has 0 aliphatic rings. The molecule has 0 spiro atoms. The van der Waals surface area contributed by atoms with E-state index in [0.29, 0.717) is 0 Å². The highest BCUT2D eigenvalue weighted by Gasteiger charge is 2.11. The molecule has 5 N–H and O–H groups in total. The summed E-state index contributed by atoms with van der Waals surface area (Å²) in [6.07, 6.45) is -0.850. The fraction of sp³-hybridized carbons (Fsp3) is 0.500. The maximum Gasteiger partial charge on any atom is 0.315 e. The Hall–Kier alpha value is -2.12. The topological polar surface area (TPSA) is 143 Å². The molecule has 0 bridgehead atoms. The number of ether oxygens (including phenoxy) is 1. The Labute approximate surface area is 91.3 Å². The molecule has 8 heteroatoms. The Bertz CT molecular complexity index is 302. The van der Waals surface area contributed by atoms with Gasteiger partial charge in [0.25, 0.3) is 0 Å². The van der Waals surface area contributed by atoms with Crippen molar-refractivity contribution in [2.75, 3.05) is 6.54 Å². The van der Waals surface area contributed by atoms with Crippen molar-refractivity contribution >= 4 is 23.9 Å². The number of carboxylic acids is 1. The molecule has 0 heterocycles. The highest BCUT2D eigenvalue weighted by molar-refractivity contribution is 5.87.